The van der Waals surface area contributed by atoms with E-state index in [0.29, 0.717) is 16.3 Å². The van der Waals surface area contributed by atoms with Crippen LogP contribution in [0.5, 0.6) is 0 Å². The first kappa shape index (κ1) is 14.2. The zero-order valence-corrected chi connectivity index (χ0v) is 13.1. The molecule has 0 fully saturated rings. The van der Waals surface area contributed by atoms with Crippen LogP contribution in [0.1, 0.15) is 11.1 Å². The van der Waals surface area contributed by atoms with Crippen LogP contribution in [0.15, 0.2) is 41.3 Å². The van der Waals surface area contributed by atoms with Crippen LogP contribution in [-0.4, -0.2) is 15.0 Å². The second kappa shape index (κ2) is 5.24. The smallest absolute Gasteiger partial charge is 0.261 e. The molecule has 2 aromatic rings. The molecule has 1 aliphatic heterocycles. The fourth-order valence-electron chi connectivity index (χ4n) is 2.36. The first-order chi connectivity index (χ1) is 9.97. The lowest BCUT2D eigenvalue weighted by molar-refractivity contribution is 0.601. The highest BCUT2D eigenvalue weighted by Gasteiger charge is 2.19. The van der Waals surface area contributed by atoms with Gasteiger partial charge in [-0.05, 0) is 48.7 Å². The molecule has 0 saturated heterocycles. The summed E-state index contributed by atoms with van der Waals surface area (Å²) in [5, 5.41) is 3.72. The van der Waals surface area contributed by atoms with Crippen LogP contribution in [0.25, 0.3) is 0 Å². The number of sulfonamides is 1. The van der Waals surface area contributed by atoms with E-state index in [1.807, 2.05) is 6.07 Å². The normalized spacial score (nSPS) is 13.6. The van der Waals surface area contributed by atoms with E-state index in [9.17, 15) is 8.42 Å². The zero-order chi connectivity index (χ0) is 15.0. The predicted octanol–water partition coefficient (Wildman–Crippen LogP) is 3.42. The van der Waals surface area contributed by atoms with Crippen LogP contribution in [0.2, 0.25) is 5.02 Å². The Bertz CT molecular complexity index is 803. The molecule has 4 nitrogen and oxygen atoms in total. The molecule has 2 N–H and O–H groups in total. The highest BCUT2D eigenvalue weighted by Crippen LogP contribution is 2.28. The molecule has 1 heterocycles. The Labute approximate surface area is 129 Å². The summed E-state index contributed by atoms with van der Waals surface area (Å²) in [5.41, 5.74) is 3.24. The molecule has 0 atom stereocenters. The molecule has 0 amide bonds. The van der Waals surface area contributed by atoms with Crippen LogP contribution in [0, 0.1) is 6.92 Å². The van der Waals surface area contributed by atoms with E-state index in [0.717, 1.165) is 24.2 Å². The highest BCUT2D eigenvalue weighted by molar-refractivity contribution is 7.92. The molecule has 0 radical (unpaired) electrons. The molecule has 3 rings (SSSR count). The topological polar surface area (TPSA) is 58.2 Å². The number of hydrogen-bond donors (Lipinski definition) is 2. The third-order valence-corrected chi connectivity index (χ3v) is 5.39. The molecule has 2 aromatic carbocycles. The van der Waals surface area contributed by atoms with Crippen molar-refractivity contribution in [3.05, 3.63) is 52.5 Å². The minimum absolute atomic E-state index is 0.245. The molecular weight excluding hydrogens is 308 g/mol. The molecule has 0 bridgehead atoms. The van der Waals surface area contributed by atoms with Crippen LogP contribution in [0.3, 0.4) is 0 Å². The molecule has 1 aliphatic rings. The monoisotopic (exact) mass is 322 g/mol. The Hall–Kier alpha value is -1.72. The lowest BCUT2D eigenvalue weighted by atomic mass is 10.2. The molecule has 0 saturated carbocycles. The molecule has 0 unspecified atom stereocenters. The van der Waals surface area contributed by atoms with Gasteiger partial charge in [0.15, 0.2) is 0 Å². The second-order valence-corrected chi connectivity index (χ2v) is 7.10. The fraction of sp³-hybridized carbons (Fsp3) is 0.200. The second-order valence-electron chi connectivity index (χ2n) is 5.01. The molecule has 110 valence electrons. The van der Waals surface area contributed by atoms with Crippen molar-refractivity contribution >= 4 is 33.0 Å². The summed E-state index contributed by atoms with van der Waals surface area (Å²) in [6, 6.07) is 10.3. The summed E-state index contributed by atoms with van der Waals surface area (Å²) in [7, 11) is -3.62. The molecule has 0 aliphatic carbocycles. The first-order valence-corrected chi connectivity index (χ1v) is 8.48. The summed E-state index contributed by atoms with van der Waals surface area (Å²) in [6.45, 7) is 2.63. The van der Waals surface area contributed by atoms with Gasteiger partial charge in [-0.25, -0.2) is 8.42 Å². The minimum Gasteiger partial charge on any atom is -0.384 e. The molecule has 21 heavy (non-hydrogen) atoms. The Morgan fingerprint density at radius 1 is 1.24 bits per heavy atom. The molecule has 0 aromatic heterocycles. The van der Waals surface area contributed by atoms with Crippen molar-refractivity contribution in [1.29, 1.82) is 0 Å². The maximum atomic E-state index is 12.5. The number of fused-ring (bicyclic) bond motifs is 1. The van der Waals surface area contributed by atoms with Crippen molar-refractivity contribution in [2.45, 2.75) is 18.2 Å². The Morgan fingerprint density at radius 3 is 2.86 bits per heavy atom. The van der Waals surface area contributed by atoms with E-state index in [-0.39, 0.29) is 4.90 Å². The summed E-state index contributed by atoms with van der Waals surface area (Å²) < 4.78 is 27.6. The van der Waals surface area contributed by atoms with E-state index in [2.05, 4.69) is 10.0 Å². The summed E-state index contributed by atoms with van der Waals surface area (Å²) >= 11 is 6.02. The highest BCUT2D eigenvalue weighted by atomic mass is 35.5. The number of anilines is 2. The van der Waals surface area contributed by atoms with Crippen molar-refractivity contribution < 1.29 is 8.42 Å². The van der Waals surface area contributed by atoms with Gasteiger partial charge in [-0.1, -0.05) is 23.7 Å². The van der Waals surface area contributed by atoms with E-state index >= 15 is 0 Å². The average molecular weight is 323 g/mol. The van der Waals surface area contributed by atoms with Gasteiger partial charge >= 0.3 is 0 Å². The van der Waals surface area contributed by atoms with Crippen molar-refractivity contribution in [2.24, 2.45) is 0 Å². The van der Waals surface area contributed by atoms with Gasteiger partial charge in [0, 0.05) is 17.3 Å². The lowest BCUT2D eigenvalue weighted by Crippen LogP contribution is -2.14. The predicted molar refractivity (Wildman–Crippen MR) is 85.6 cm³/mol. The Balaban J connectivity index is 1.96. The maximum absolute atomic E-state index is 12.5. The van der Waals surface area contributed by atoms with E-state index < -0.39 is 10.0 Å². The van der Waals surface area contributed by atoms with E-state index in [4.69, 9.17) is 11.6 Å². The van der Waals surface area contributed by atoms with Crippen LogP contribution in [-0.2, 0) is 16.4 Å². The molecule has 0 spiro atoms. The molecule has 6 heteroatoms. The SMILES string of the molecule is Cc1c(Cl)cccc1NS(=O)(=O)c1ccc2c(c1)NCC2. The van der Waals surface area contributed by atoms with Crippen LogP contribution >= 0.6 is 11.6 Å². The number of benzene rings is 2. The largest absolute Gasteiger partial charge is 0.384 e. The van der Waals surface area contributed by atoms with E-state index in [1.165, 1.54) is 0 Å². The Kier molecular flexibility index (Phi) is 3.55. The van der Waals surface area contributed by atoms with Gasteiger partial charge < -0.3 is 5.32 Å². The third-order valence-electron chi connectivity index (χ3n) is 3.61. The Morgan fingerprint density at radius 2 is 2.05 bits per heavy atom. The van der Waals surface area contributed by atoms with Gasteiger partial charge in [0.25, 0.3) is 10.0 Å². The van der Waals surface area contributed by atoms with Crippen molar-refractivity contribution in [2.75, 3.05) is 16.6 Å². The lowest BCUT2D eigenvalue weighted by Gasteiger charge is -2.12. The average Bonchev–Trinajstić information content (AvgIpc) is 2.91. The number of nitrogens with one attached hydrogen (secondary N) is 2. The quantitative estimate of drug-likeness (QED) is 0.910. The minimum atomic E-state index is -3.62. The van der Waals surface area contributed by atoms with Crippen molar-refractivity contribution in [1.82, 2.24) is 0 Å². The van der Waals surface area contributed by atoms with Gasteiger partial charge in [0.1, 0.15) is 0 Å². The molecular formula is C15H15ClN2O2S. The third kappa shape index (κ3) is 2.71. The summed E-state index contributed by atoms with van der Waals surface area (Å²) in [6.07, 6.45) is 0.927. The van der Waals surface area contributed by atoms with Crippen molar-refractivity contribution in [3.63, 3.8) is 0 Å². The van der Waals surface area contributed by atoms with Gasteiger partial charge in [0.05, 0.1) is 10.6 Å². The zero-order valence-electron chi connectivity index (χ0n) is 11.5. The summed E-state index contributed by atoms with van der Waals surface area (Å²) in [5.74, 6) is 0. The van der Waals surface area contributed by atoms with Gasteiger partial charge in [-0.15, -0.1) is 0 Å². The van der Waals surface area contributed by atoms with Gasteiger partial charge in [-0.2, -0.15) is 0 Å². The summed E-state index contributed by atoms with van der Waals surface area (Å²) in [4.78, 5) is 0.245. The van der Waals surface area contributed by atoms with Crippen LogP contribution < -0.4 is 10.0 Å². The fourth-order valence-corrected chi connectivity index (χ4v) is 3.68. The van der Waals surface area contributed by atoms with Crippen molar-refractivity contribution in [3.8, 4) is 0 Å². The number of halogens is 1. The van der Waals surface area contributed by atoms with Crippen LogP contribution in [0.4, 0.5) is 11.4 Å². The standard InChI is InChI=1S/C15H15ClN2O2S/c1-10-13(16)3-2-4-14(10)18-21(19,20)12-6-5-11-7-8-17-15(11)9-12/h2-6,9,17-18H,7-8H2,1H3. The van der Waals surface area contributed by atoms with Gasteiger partial charge in [-0.3, -0.25) is 4.72 Å². The maximum Gasteiger partial charge on any atom is 0.261 e. The van der Waals surface area contributed by atoms with E-state index in [1.54, 1.807) is 37.3 Å². The van der Waals surface area contributed by atoms with Gasteiger partial charge in [0.2, 0.25) is 0 Å². The number of rotatable bonds is 3. The number of hydrogen-bond acceptors (Lipinski definition) is 3. The first-order valence-electron chi connectivity index (χ1n) is 6.62.